The Hall–Kier alpha value is -3.65. The van der Waals surface area contributed by atoms with Gasteiger partial charge in [0.2, 0.25) is 0 Å². The molecule has 0 saturated heterocycles. The number of esters is 1. The van der Waals surface area contributed by atoms with Crippen molar-refractivity contribution in [3.05, 3.63) is 110 Å². The molecule has 3 aromatic carbocycles. The van der Waals surface area contributed by atoms with Crippen molar-refractivity contribution in [1.29, 1.82) is 0 Å². The van der Waals surface area contributed by atoms with Gasteiger partial charge in [-0.3, -0.25) is 10.1 Å². The van der Waals surface area contributed by atoms with E-state index in [1.165, 1.54) is 48.5 Å². The number of halogens is 2. The number of ether oxygens (including phenoxy) is 1. The second kappa shape index (κ2) is 14.8. The average molecular weight is 570 g/mol. The molecule has 3 rings (SSSR count). The minimum atomic E-state index is -0.544. The molecule has 0 aromatic heterocycles. The summed E-state index contributed by atoms with van der Waals surface area (Å²) in [5.41, 5.74) is 3.86. The van der Waals surface area contributed by atoms with E-state index < -0.39 is 23.1 Å². The van der Waals surface area contributed by atoms with Crippen molar-refractivity contribution < 1.29 is 28.3 Å². The Morgan fingerprint density at radius 3 is 1.59 bits per heavy atom. The number of benzene rings is 3. The maximum Gasteiger partial charge on any atom is 0.338 e. The smallest absolute Gasteiger partial charge is 0.338 e. The Morgan fingerprint density at radius 1 is 0.780 bits per heavy atom. The summed E-state index contributed by atoms with van der Waals surface area (Å²) < 4.78 is 31.9. The van der Waals surface area contributed by atoms with Gasteiger partial charge < -0.3 is 9.84 Å². The van der Waals surface area contributed by atoms with E-state index in [1.54, 1.807) is 26.0 Å². The zero-order valence-corrected chi connectivity index (χ0v) is 25.0. The predicted octanol–water partition coefficient (Wildman–Crippen LogP) is 8.28. The van der Waals surface area contributed by atoms with Crippen LogP contribution in [-0.4, -0.2) is 28.2 Å². The molecule has 4 atom stereocenters. The third kappa shape index (κ3) is 9.18. The highest BCUT2D eigenvalue weighted by Crippen LogP contribution is 2.33. The van der Waals surface area contributed by atoms with Gasteiger partial charge in [0.15, 0.2) is 0 Å². The summed E-state index contributed by atoms with van der Waals surface area (Å²) in [6.07, 6.45) is -0.851. The quantitative estimate of drug-likeness (QED) is 0.159. The van der Waals surface area contributed by atoms with Crippen molar-refractivity contribution in [2.24, 2.45) is 11.8 Å². The number of hydrogen-bond acceptors (Lipinski definition) is 5. The van der Waals surface area contributed by atoms with E-state index in [9.17, 15) is 28.8 Å². The highest BCUT2D eigenvalue weighted by molar-refractivity contribution is 5.89. The molecule has 3 aromatic rings. The summed E-state index contributed by atoms with van der Waals surface area (Å²) in [4.78, 5) is 22.6. The van der Waals surface area contributed by atoms with Crippen molar-refractivity contribution in [2.75, 3.05) is 0 Å². The van der Waals surface area contributed by atoms with Crippen LogP contribution in [0.5, 0.6) is 0 Å². The Balaban J connectivity index is 0.000000333. The lowest BCUT2D eigenvalue weighted by atomic mass is 9.82. The summed E-state index contributed by atoms with van der Waals surface area (Å²) >= 11 is 0. The molecular weight excluding hydrogens is 528 g/mol. The third-order valence-electron chi connectivity index (χ3n) is 7.25. The molecule has 0 saturated carbocycles. The molecule has 0 amide bonds. The maximum atomic E-state index is 13.4. The van der Waals surface area contributed by atoms with Crippen LogP contribution >= 0.6 is 0 Å². The minimum absolute atomic E-state index is 0.0746. The van der Waals surface area contributed by atoms with Crippen LogP contribution in [0.15, 0.2) is 60.7 Å². The predicted molar refractivity (Wildman–Crippen MR) is 157 cm³/mol. The van der Waals surface area contributed by atoms with E-state index in [2.05, 4.69) is 13.8 Å². The second-order valence-electron chi connectivity index (χ2n) is 11.2. The number of nitro benzene ring substituents is 1. The maximum absolute atomic E-state index is 13.4. The lowest BCUT2D eigenvalue weighted by Crippen LogP contribution is -2.27. The Labute approximate surface area is 241 Å². The van der Waals surface area contributed by atoms with Crippen LogP contribution in [0.1, 0.15) is 86.0 Å². The Bertz CT molecular complexity index is 1310. The first-order valence-corrected chi connectivity index (χ1v) is 13.8. The van der Waals surface area contributed by atoms with Crippen LogP contribution in [0, 0.1) is 47.4 Å². The number of aliphatic hydroxyl groups excluding tert-OH is 1. The topological polar surface area (TPSA) is 89.7 Å². The third-order valence-corrected chi connectivity index (χ3v) is 7.25. The SMILES string of the molecule is Cc1cc(F)ccc1[C@H](C(C)C)[C@@H](C)O.Cc1cc(F)ccc1[C@H](C(C)C)[C@H](C)OC(=O)c1ccc([N+](=O)[O-])cc1. The number of rotatable bonds is 9. The van der Waals surface area contributed by atoms with Gasteiger partial charge in [0, 0.05) is 24.0 Å². The summed E-state index contributed by atoms with van der Waals surface area (Å²) in [6, 6.07) is 14.6. The lowest BCUT2D eigenvalue weighted by molar-refractivity contribution is -0.384. The minimum Gasteiger partial charge on any atom is -0.458 e. The molecule has 1 N–H and O–H groups in total. The molecule has 0 aliphatic rings. The van der Waals surface area contributed by atoms with Crippen LogP contribution in [0.2, 0.25) is 0 Å². The van der Waals surface area contributed by atoms with Gasteiger partial charge in [0.1, 0.15) is 17.7 Å². The van der Waals surface area contributed by atoms with Gasteiger partial charge in [-0.1, -0.05) is 39.8 Å². The van der Waals surface area contributed by atoms with Crippen LogP contribution in [0.3, 0.4) is 0 Å². The number of nitrogens with zero attached hydrogens (tertiary/aromatic N) is 1. The first-order chi connectivity index (χ1) is 19.1. The number of hydrogen-bond donors (Lipinski definition) is 1. The highest BCUT2D eigenvalue weighted by atomic mass is 19.1. The monoisotopic (exact) mass is 569 g/mol. The number of non-ortho nitro benzene ring substituents is 1. The lowest BCUT2D eigenvalue weighted by Gasteiger charge is -2.29. The van der Waals surface area contributed by atoms with E-state index in [1.807, 2.05) is 27.7 Å². The molecule has 0 aliphatic heterocycles. The molecule has 41 heavy (non-hydrogen) atoms. The summed E-state index contributed by atoms with van der Waals surface area (Å²) in [6.45, 7) is 15.5. The number of aryl methyl sites for hydroxylation is 2. The number of nitro groups is 1. The Morgan fingerprint density at radius 2 is 1.22 bits per heavy atom. The van der Waals surface area contributed by atoms with E-state index in [0.29, 0.717) is 5.92 Å². The van der Waals surface area contributed by atoms with Gasteiger partial charge in [-0.15, -0.1) is 0 Å². The fourth-order valence-corrected chi connectivity index (χ4v) is 5.39. The van der Waals surface area contributed by atoms with Gasteiger partial charge >= 0.3 is 5.97 Å². The molecule has 0 fully saturated rings. The molecule has 0 heterocycles. The number of carbonyl (C=O) groups excluding carboxylic acids is 1. The second-order valence-corrected chi connectivity index (χ2v) is 11.2. The van der Waals surface area contributed by atoms with E-state index in [4.69, 9.17) is 4.74 Å². The van der Waals surface area contributed by atoms with Crippen LogP contribution in [-0.2, 0) is 4.74 Å². The number of aliphatic hydroxyl groups is 1. The van der Waals surface area contributed by atoms with Crippen LogP contribution in [0.4, 0.5) is 14.5 Å². The molecule has 0 bridgehead atoms. The number of carbonyl (C=O) groups is 1. The van der Waals surface area contributed by atoms with Crippen LogP contribution in [0.25, 0.3) is 0 Å². The van der Waals surface area contributed by atoms with Crippen molar-refractivity contribution in [1.82, 2.24) is 0 Å². The van der Waals surface area contributed by atoms with E-state index in [0.717, 1.165) is 22.3 Å². The molecule has 0 unspecified atom stereocenters. The zero-order chi connectivity index (χ0) is 31.0. The van der Waals surface area contributed by atoms with Gasteiger partial charge in [0.05, 0.1) is 16.6 Å². The average Bonchev–Trinajstić information content (AvgIpc) is 2.87. The molecule has 0 aliphatic carbocycles. The van der Waals surface area contributed by atoms with Gasteiger partial charge in [-0.05, 0) is 98.2 Å². The van der Waals surface area contributed by atoms with Crippen molar-refractivity contribution >= 4 is 11.7 Å². The molecule has 0 radical (unpaired) electrons. The van der Waals surface area contributed by atoms with Gasteiger partial charge in [0.25, 0.3) is 5.69 Å². The standard InChI is InChI=1S/C20H22FNO4.C13H19FO/c1-12(2)19(18-10-7-16(21)11-13(18)3)14(4)26-20(23)15-5-8-17(9-6-15)22(24)25;1-8(2)13(10(4)15)12-6-5-11(14)7-9(12)3/h5-12,14,19H,1-4H3;5-8,10,13,15H,1-4H3/t14-,19+;10-,13-/m01/s1. The largest absolute Gasteiger partial charge is 0.458 e. The summed E-state index contributed by atoms with van der Waals surface area (Å²) in [5, 5.41) is 20.4. The molecule has 222 valence electrons. The molecule has 6 nitrogen and oxygen atoms in total. The van der Waals surface area contributed by atoms with E-state index >= 15 is 0 Å². The van der Waals surface area contributed by atoms with Gasteiger partial charge in [-0.2, -0.15) is 0 Å². The molecule has 8 heteroatoms. The van der Waals surface area contributed by atoms with Crippen LogP contribution < -0.4 is 0 Å². The summed E-state index contributed by atoms with van der Waals surface area (Å²) in [5.74, 6) is -0.581. The van der Waals surface area contributed by atoms with Crippen molar-refractivity contribution in [3.63, 3.8) is 0 Å². The first-order valence-electron chi connectivity index (χ1n) is 13.8. The first kappa shape index (κ1) is 33.6. The normalized spacial score (nSPS) is 14.1. The van der Waals surface area contributed by atoms with Gasteiger partial charge in [-0.25, -0.2) is 13.6 Å². The van der Waals surface area contributed by atoms with Crippen molar-refractivity contribution in [3.8, 4) is 0 Å². The fraction of sp³-hybridized carbons (Fsp3) is 0.424. The molecule has 0 spiro atoms. The zero-order valence-electron chi connectivity index (χ0n) is 25.0. The Kier molecular flexibility index (Phi) is 12.1. The summed E-state index contributed by atoms with van der Waals surface area (Å²) in [7, 11) is 0. The van der Waals surface area contributed by atoms with Crippen molar-refractivity contribution in [2.45, 2.75) is 79.4 Å². The van der Waals surface area contributed by atoms with E-state index in [-0.39, 0.29) is 40.6 Å². The molecular formula is C33H41F2NO5. The highest BCUT2D eigenvalue weighted by Gasteiger charge is 2.28. The fourth-order valence-electron chi connectivity index (χ4n) is 5.39.